The maximum atomic E-state index is 5.91. The highest BCUT2D eigenvalue weighted by Gasteiger charge is 2.24. The third-order valence-electron chi connectivity index (χ3n) is 3.91. The second kappa shape index (κ2) is 6.92. The number of rotatable bonds is 5. The van der Waals surface area contributed by atoms with Crippen LogP contribution < -0.4 is 5.73 Å². The highest BCUT2D eigenvalue weighted by molar-refractivity contribution is 5.41. The number of hydrogen-bond acceptors (Lipinski definition) is 3. The quantitative estimate of drug-likeness (QED) is 0.828. The summed E-state index contributed by atoms with van der Waals surface area (Å²) in [7, 11) is 0. The van der Waals surface area contributed by atoms with Gasteiger partial charge >= 0.3 is 0 Å². The molecule has 0 bridgehead atoms. The largest absolute Gasteiger partial charge is 0.399 e. The zero-order chi connectivity index (χ0) is 13.7. The zero-order valence-electron chi connectivity index (χ0n) is 12.1. The molecule has 106 valence electrons. The molecule has 1 heterocycles. The molecule has 1 aromatic carbocycles. The predicted molar refractivity (Wildman–Crippen MR) is 80.1 cm³/mol. The topological polar surface area (TPSA) is 38.5 Å². The van der Waals surface area contributed by atoms with E-state index in [0.29, 0.717) is 12.1 Å². The molecule has 0 aromatic heterocycles. The van der Waals surface area contributed by atoms with Gasteiger partial charge in [0.2, 0.25) is 0 Å². The van der Waals surface area contributed by atoms with Crippen LogP contribution in [0.5, 0.6) is 0 Å². The fourth-order valence-electron chi connectivity index (χ4n) is 2.77. The summed E-state index contributed by atoms with van der Waals surface area (Å²) in [5.74, 6) is 0. The summed E-state index contributed by atoms with van der Waals surface area (Å²) in [6.45, 7) is 7.50. The Morgan fingerprint density at radius 2 is 2.32 bits per heavy atom. The molecule has 0 saturated carbocycles. The Hall–Kier alpha value is -1.06. The van der Waals surface area contributed by atoms with Crippen LogP contribution in [-0.2, 0) is 4.74 Å². The Bertz CT molecular complexity index is 394. The third kappa shape index (κ3) is 3.95. The Labute approximate surface area is 116 Å². The third-order valence-corrected chi connectivity index (χ3v) is 3.91. The molecule has 3 nitrogen and oxygen atoms in total. The summed E-state index contributed by atoms with van der Waals surface area (Å²) in [5, 5.41) is 0. The normalized spacial score (nSPS) is 22.3. The minimum atomic E-state index is 0.400. The summed E-state index contributed by atoms with van der Waals surface area (Å²) in [4.78, 5) is 2.51. The SMILES string of the molecule is CCCOC1CCCN(C(C)c2cccc(N)c2)C1. The number of ether oxygens (including phenoxy) is 1. The summed E-state index contributed by atoms with van der Waals surface area (Å²) in [5.41, 5.74) is 8.03. The van der Waals surface area contributed by atoms with E-state index in [1.165, 1.54) is 18.4 Å². The van der Waals surface area contributed by atoms with E-state index in [1.807, 2.05) is 12.1 Å². The van der Waals surface area contributed by atoms with Gasteiger partial charge in [-0.2, -0.15) is 0 Å². The Kier molecular flexibility index (Phi) is 5.23. The second-order valence-corrected chi connectivity index (χ2v) is 5.48. The maximum absolute atomic E-state index is 5.91. The lowest BCUT2D eigenvalue weighted by molar-refractivity contribution is -0.0107. The minimum absolute atomic E-state index is 0.400. The fourth-order valence-corrected chi connectivity index (χ4v) is 2.77. The van der Waals surface area contributed by atoms with Crippen molar-refractivity contribution in [2.24, 2.45) is 0 Å². The molecule has 1 aliphatic heterocycles. The number of likely N-dealkylation sites (tertiary alicyclic amines) is 1. The van der Waals surface area contributed by atoms with Gasteiger partial charge in [-0.15, -0.1) is 0 Å². The molecule has 2 unspecified atom stereocenters. The van der Waals surface area contributed by atoms with Crippen molar-refractivity contribution in [3.63, 3.8) is 0 Å². The van der Waals surface area contributed by atoms with Crippen molar-refractivity contribution < 1.29 is 4.74 Å². The van der Waals surface area contributed by atoms with Gasteiger partial charge in [0.15, 0.2) is 0 Å². The molecule has 2 N–H and O–H groups in total. The monoisotopic (exact) mass is 262 g/mol. The van der Waals surface area contributed by atoms with Crippen LogP contribution in [0.1, 0.15) is 44.7 Å². The van der Waals surface area contributed by atoms with E-state index in [0.717, 1.165) is 31.8 Å². The van der Waals surface area contributed by atoms with Crippen molar-refractivity contribution in [1.29, 1.82) is 0 Å². The van der Waals surface area contributed by atoms with Crippen LogP contribution in [-0.4, -0.2) is 30.7 Å². The zero-order valence-corrected chi connectivity index (χ0v) is 12.1. The first-order valence-corrected chi connectivity index (χ1v) is 7.41. The molecular weight excluding hydrogens is 236 g/mol. The molecule has 0 aliphatic carbocycles. The van der Waals surface area contributed by atoms with Crippen LogP contribution in [0.15, 0.2) is 24.3 Å². The first-order valence-electron chi connectivity index (χ1n) is 7.41. The van der Waals surface area contributed by atoms with E-state index in [4.69, 9.17) is 10.5 Å². The van der Waals surface area contributed by atoms with Gasteiger partial charge in [-0.25, -0.2) is 0 Å². The molecule has 1 saturated heterocycles. The highest BCUT2D eigenvalue weighted by atomic mass is 16.5. The molecule has 1 fully saturated rings. The van der Waals surface area contributed by atoms with Crippen LogP contribution in [0, 0.1) is 0 Å². The second-order valence-electron chi connectivity index (χ2n) is 5.48. The number of nitrogens with zero attached hydrogens (tertiary/aromatic N) is 1. The minimum Gasteiger partial charge on any atom is -0.399 e. The maximum Gasteiger partial charge on any atom is 0.0702 e. The van der Waals surface area contributed by atoms with Gasteiger partial charge in [0.25, 0.3) is 0 Å². The summed E-state index contributed by atoms with van der Waals surface area (Å²) >= 11 is 0. The summed E-state index contributed by atoms with van der Waals surface area (Å²) in [6.07, 6.45) is 3.92. The van der Waals surface area contributed by atoms with Crippen LogP contribution in [0.3, 0.4) is 0 Å². The molecule has 0 spiro atoms. The van der Waals surface area contributed by atoms with E-state index in [9.17, 15) is 0 Å². The molecule has 3 heteroatoms. The highest BCUT2D eigenvalue weighted by Crippen LogP contribution is 2.26. The number of piperidine rings is 1. The van der Waals surface area contributed by atoms with Crippen molar-refractivity contribution >= 4 is 5.69 Å². The van der Waals surface area contributed by atoms with E-state index >= 15 is 0 Å². The van der Waals surface area contributed by atoms with Crippen molar-refractivity contribution in [2.45, 2.75) is 45.3 Å². The molecule has 0 amide bonds. The van der Waals surface area contributed by atoms with Crippen molar-refractivity contribution in [1.82, 2.24) is 4.90 Å². The smallest absolute Gasteiger partial charge is 0.0702 e. The van der Waals surface area contributed by atoms with Gasteiger partial charge in [-0.1, -0.05) is 19.1 Å². The van der Waals surface area contributed by atoms with E-state index in [1.54, 1.807) is 0 Å². The summed E-state index contributed by atoms with van der Waals surface area (Å²) < 4.78 is 5.91. The van der Waals surface area contributed by atoms with Crippen molar-refractivity contribution in [3.05, 3.63) is 29.8 Å². The van der Waals surface area contributed by atoms with Crippen LogP contribution in [0.2, 0.25) is 0 Å². The van der Waals surface area contributed by atoms with Crippen LogP contribution >= 0.6 is 0 Å². The fraction of sp³-hybridized carbons (Fsp3) is 0.625. The van der Waals surface area contributed by atoms with Crippen molar-refractivity contribution in [3.8, 4) is 0 Å². The number of nitrogens with two attached hydrogens (primary N) is 1. The van der Waals surface area contributed by atoms with Crippen LogP contribution in [0.25, 0.3) is 0 Å². The van der Waals surface area contributed by atoms with Gasteiger partial charge in [-0.3, -0.25) is 4.90 Å². The molecule has 1 aromatic rings. The van der Waals surface area contributed by atoms with Crippen molar-refractivity contribution in [2.75, 3.05) is 25.4 Å². The van der Waals surface area contributed by atoms with Gasteiger partial charge < -0.3 is 10.5 Å². The van der Waals surface area contributed by atoms with E-state index < -0.39 is 0 Å². The average Bonchev–Trinajstić information content (AvgIpc) is 2.44. The number of anilines is 1. The summed E-state index contributed by atoms with van der Waals surface area (Å²) in [6, 6.07) is 8.64. The predicted octanol–water partition coefficient (Wildman–Crippen LogP) is 3.22. The molecule has 2 rings (SSSR count). The molecule has 0 radical (unpaired) electrons. The van der Waals surface area contributed by atoms with Crippen LogP contribution in [0.4, 0.5) is 5.69 Å². The van der Waals surface area contributed by atoms with Gasteiger partial charge in [0.05, 0.1) is 6.10 Å². The number of benzene rings is 1. The van der Waals surface area contributed by atoms with Gasteiger partial charge in [-0.05, 0) is 50.4 Å². The molecule has 2 atom stereocenters. The number of hydrogen-bond donors (Lipinski definition) is 1. The van der Waals surface area contributed by atoms with Gasteiger partial charge in [0, 0.05) is 24.9 Å². The first kappa shape index (κ1) is 14.4. The standard InChI is InChI=1S/C16H26N2O/c1-3-10-19-16-8-5-9-18(12-16)13(2)14-6-4-7-15(17)11-14/h4,6-7,11,13,16H,3,5,8-10,12,17H2,1-2H3. The Morgan fingerprint density at radius 3 is 3.05 bits per heavy atom. The lowest BCUT2D eigenvalue weighted by atomic mass is 10.0. The Morgan fingerprint density at radius 1 is 1.47 bits per heavy atom. The lowest BCUT2D eigenvalue weighted by Gasteiger charge is -2.37. The Balaban J connectivity index is 1.96. The van der Waals surface area contributed by atoms with E-state index in [-0.39, 0.29) is 0 Å². The first-order chi connectivity index (χ1) is 9.20. The number of nitrogen functional groups attached to an aromatic ring is 1. The van der Waals surface area contributed by atoms with Gasteiger partial charge in [0.1, 0.15) is 0 Å². The average molecular weight is 262 g/mol. The molecule has 19 heavy (non-hydrogen) atoms. The molecule has 1 aliphatic rings. The van der Waals surface area contributed by atoms with E-state index in [2.05, 4.69) is 30.9 Å². The molecular formula is C16H26N2O. The lowest BCUT2D eigenvalue weighted by Crippen LogP contribution is -2.41.